The van der Waals surface area contributed by atoms with Crippen LogP contribution in [0, 0.1) is 0 Å². The van der Waals surface area contributed by atoms with Crippen molar-refractivity contribution in [3.05, 3.63) is 29.6 Å². The molecule has 4 heteroatoms. The van der Waals surface area contributed by atoms with E-state index in [1.165, 1.54) is 10.1 Å². The lowest BCUT2D eigenvalue weighted by Gasteiger charge is -2.09. The minimum atomic E-state index is 0.0918. The fourth-order valence-corrected chi connectivity index (χ4v) is 2.56. The monoisotopic (exact) mass is 262 g/mol. The lowest BCUT2D eigenvalue weighted by Crippen LogP contribution is -2.31. The van der Waals surface area contributed by atoms with Gasteiger partial charge in [-0.2, -0.15) is 0 Å². The topological polar surface area (TPSA) is 41.1 Å². The minimum absolute atomic E-state index is 0.0918. The maximum Gasteiger partial charge on any atom is 0.221 e. The normalized spacial score (nSPS) is 10.8. The second kappa shape index (κ2) is 5.87. The molecule has 1 amide bonds. The van der Waals surface area contributed by atoms with Crippen LogP contribution in [0.2, 0.25) is 0 Å². The molecule has 18 heavy (non-hydrogen) atoms. The first-order chi connectivity index (χ1) is 8.65. The summed E-state index contributed by atoms with van der Waals surface area (Å²) in [6.45, 7) is 4.60. The molecule has 2 aromatic rings. The smallest absolute Gasteiger partial charge is 0.221 e. The predicted molar refractivity (Wildman–Crippen MR) is 78.2 cm³/mol. The number of amides is 1. The van der Waals surface area contributed by atoms with E-state index in [-0.39, 0.29) is 11.9 Å². The van der Waals surface area contributed by atoms with Crippen molar-refractivity contribution in [3.8, 4) is 0 Å². The zero-order valence-corrected chi connectivity index (χ0v) is 11.5. The first-order valence-electron chi connectivity index (χ1n) is 6.15. The number of benzene rings is 1. The molecule has 3 nitrogen and oxygen atoms in total. The SMILES string of the molecule is CC(C)NC(=O)CCNc1ccc2sccc2c1. The Morgan fingerprint density at radius 1 is 1.33 bits per heavy atom. The Morgan fingerprint density at radius 2 is 2.17 bits per heavy atom. The van der Waals surface area contributed by atoms with Crippen LogP contribution in [0.4, 0.5) is 5.69 Å². The van der Waals surface area contributed by atoms with Gasteiger partial charge in [0.1, 0.15) is 0 Å². The fourth-order valence-electron chi connectivity index (χ4n) is 1.79. The third-order valence-corrected chi connectivity index (χ3v) is 3.48. The molecule has 1 heterocycles. The molecule has 0 aliphatic heterocycles. The van der Waals surface area contributed by atoms with Crippen LogP contribution in [0.25, 0.3) is 10.1 Å². The van der Waals surface area contributed by atoms with E-state index in [1.807, 2.05) is 13.8 Å². The average Bonchev–Trinajstić information content (AvgIpc) is 2.75. The second-order valence-electron chi connectivity index (χ2n) is 4.57. The van der Waals surface area contributed by atoms with Crippen molar-refractivity contribution in [1.82, 2.24) is 5.32 Å². The van der Waals surface area contributed by atoms with Crippen molar-refractivity contribution in [2.24, 2.45) is 0 Å². The van der Waals surface area contributed by atoms with E-state index < -0.39 is 0 Å². The van der Waals surface area contributed by atoms with E-state index in [9.17, 15) is 4.79 Å². The molecule has 0 unspecified atom stereocenters. The van der Waals surface area contributed by atoms with Crippen molar-refractivity contribution >= 4 is 33.0 Å². The summed E-state index contributed by atoms with van der Waals surface area (Å²) in [6.07, 6.45) is 0.500. The van der Waals surface area contributed by atoms with E-state index in [4.69, 9.17) is 0 Å². The van der Waals surface area contributed by atoms with Crippen molar-refractivity contribution < 1.29 is 4.79 Å². The Kier molecular flexibility index (Phi) is 4.20. The van der Waals surface area contributed by atoms with E-state index in [1.54, 1.807) is 11.3 Å². The summed E-state index contributed by atoms with van der Waals surface area (Å²) in [6, 6.07) is 8.60. The zero-order chi connectivity index (χ0) is 13.0. The summed E-state index contributed by atoms with van der Waals surface area (Å²) >= 11 is 1.74. The Balaban J connectivity index is 1.84. The molecule has 96 valence electrons. The number of carbonyl (C=O) groups is 1. The summed E-state index contributed by atoms with van der Waals surface area (Å²) in [5.74, 6) is 0.0918. The van der Waals surface area contributed by atoms with Crippen LogP contribution < -0.4 is 10.6 Å². The van der Waals surface area contributed by atoms with Gasteiger partial charge in [0.25, 0.3) is 0 Å². The Labute approximate surface area is 111 Å². The lowest BCUT2D eigenvalue weighted by molar-refractivity contribution is -0.121. The standard InChI is InChI=1S/C14H18N2OS/c1-10(2)16-14(17)5-7-15-12-3-4-13-11(9-12)6-8-18-13/h3-4,6,8-10,15H,5,7H2,1-2H3,(H,16,17). The quantitative estimate of drug-likeness (QED) is 0.868. The first kappa shape index (κ1) is 12.9. The minimum Gasteiger partial charge on any atom is -0.385 e. The van der Waals surface area contributed by atoms with Gasteiger partial charge in [0, 0.05) is 29.4 Å². The maximum atomic E-state index is 11.5. The van der Waals surface area contributed by atoms with Gasteiger partial charge in [0.15, 0.2) is 0 Å². The van der Waals surface area contributed by atoms with Gasteiger partial charge in [-0.05, 0) is 48.9 Å². The van der Waals surface area contributed by atoms with Gasteiger partial charge < -0.3 is 10.6 Å². The number of nitrogens with one attached hydrogen (secondary N) is 2. The van der Waals surface area contributed by atoms with Gasteiger partial charge in [0.2, 0.25) is 5.91 Å². The number of carbonyl (C=O) groups excluding carboxylic acids is 1. The van der Waals surface area contributed by atoms with E-state index in [2.05, 4.69) is 40.3 Å². The van der Waals surface area contributed by atoms with Crippen LogP contribution in [0.1, 0.15) is 20.3 Å². The first-order valence-corrected chi connectivity index (χ1v) is 7.03. The van der Waals surface area contributed by atoms with E-state index in [0.717, 1.165) is 5.69 Å². The van der Waals surface area contributed by atoms with Crippen molar-refractivity contribution in [1.29, 1.82) is 0 Å². The molecule has 0 aliphatic carbocycles. The molecule has 0 aliphatic rings. The number of anilines is 1. The van der Waals surface area contributed by atoms with Gasteiger partial charge >= 0.3 is 0 Å². The molecule has 2 N–H and O–H groups in total. The molecule has 0 fully saturated rings. The lowest BCUT2D eigenvalue weighted by atomic mass is 10.2. The number of hydrogen-bond acceptors (Lipinski definition) is 3. The number of thiophene rings is 1. The highest BCUT2D eigenvalue weighted by Crippen LogP contribution is 2.23. The molecule has 0 radical (unpaired) electrons. The molecule has 2 rings (SSSR count). The van der Waals surface area contributed by atoms with Crippen LogP contribution in [0.3, 0.4) is 0 Å². The molecule has 0 bridgehead atoms. The van der Waals surface area contributed by atoms with Crippen LogP contribution in [0.15, 0.2) is 29.6 Å². The summed E-state index contributed by atoms with van der Waals surface area (Å²) in [4.78, 5) is 11.5. The molecular formula is C14H18N2OS. The van der Waals surface area contributed by atoms with Gasteiger partial charge in [-0.25, -0.2) is 0 Å². The third-order valence-electron chi connectivity index (χ3n) is 2.58. The molecular weight excluding hydrogens is 244 g/mol. The largest absolute Gasteiger partial charge is 0.385 e. The fraction of sp³-hybridized carbons (Fsp3) is 0.357. The summed E-state index contributed by atoms with van der Waals surface area (Å²) < 4.78 is 1.29. The molecule has 0 saturated carbocycles. The van der Waals surface area contributed by atoms with Gasteiger partial charge in [-0.1, -0.05) is 0 Å². The van der Waals surface area contributed by atoms with Crippen LogP contribution in [-0.2, 0) is 4.79 Å². The molecule has 0 saturated heterocycles. The molecule has 0 atom stereocenters. The van der Waals surface area contributed by atoms with Crippen LogP contribution in [-0.4, -0.2) is 18.5 Å². The number of rotatable bonds is 5. The van der Waals surface area contributed by atoms with E-state index in [0.29, 0.717) is 13.0 Å². The maximum absolute atomic E-state index is 11.5. The summed E-state index contributed by atoms with van der Waals surface area (Å²) in [7, 11) is 0. The van der Waals surface area contributed by atoms with Crippen LogP contribution in [0.5, 0.6) is 0 Å². The van der Waals surface area contributed by atoms with E-state index >= 15 is 0 Å². The van der Waals surface area contributed by atoms with Crippen LogP contribution >= 0.6 is 11.3 Å². The van der Waals surface area contributed by atoms with Gasteiger partial charge in [-0.15, -0.1) is 11.3 Å². The van der Waals surface area contributed by atoms with Crippen molar-refractivity contribution in [2.75, 3.05) is 11.9 Å². The van der Waals surface area contributed by atoms with Gasteiger partial charge in [0.05, 0.1) is 0 Å². The van der Waals surface area contributed by atoms with Crippen molar-refractivity contribution in [3.63, 3.8) is 0 Å². The summed E-state index contributed by atoms with van der Waals surface area (Å²) in [5.41, 5.74) is 1.07. The average molecular weight is 262 g/mol. The zero-order valence-electron chi connectivity index (χ0n) is 10.7. The highest BCUT2D eigenvalue weighted by molar-refractivity contribution is 7.17. The third kappa shape index (κ3) is 3.47. The highest BCUT2D eigenvalue weighted by Gasteiger charge is 2.03. The Hall–Kier alpha value is -1.55. The second-order valence-corrected chi connectivity index (χ2v) is 5.52. The predicted octanol–water partition coefficient (Wildman–Crippen LogP) is 3.23. The Bertz CT molecular complexity index is 533. The molecule has 1 aromatic carbocycles. The highest BCUT2D eigenvalue weighted by atomic mass is 32.1. The molecule has 0 spiro atoms. The van der Waals surface area contributed by atoms with Crippen molar-refractivity contribution in [2.45, 2.75) is 26.3 Å². The van der Waals surface area contributed by atoms with Gasteiger partial charge in [-0.3, -0.25) is 4.79 Å². The molecule has 1 aromatic heterocycles. The Morgan fingerprint density at radius 3 is 2.94 bits per heavy atom. The number of hydrogen-bond donors (Lipinski definition) is 2. The number of fused-ring (bicyclic) bond motifs is 1. The summed E-state index contributed by atoms with van der Waals surface area (Å²) in [5, 5.41) is 9.49.